The fourth-order valence-electron chi connectivity index (χ4n) is 2.87. The van der Waals surface area contributed by atoms with Gasteiger partial charge in [-0.15, -0.1) is 24.0 Å². The van der Waals surface area contributed by atoms with Crippen molar-refractivity contribution in [2.45, 2.75) is 33.2 Å². The Morgan fingerprint density at radius 2 is 1.92 bits per heavy atom. The molecule has 26 heavy (non-hydrogen) atoms. The molecule has 0 radical (unpaired) electrons. The highest BCUT2D eigenvalue weighted by atomic mass is 127. The third kappa shape index (κ3) is 8.07. The molecule has 1 aliphatic rings. The minimum Gasteiger partial charge on any atom is -0.356 e. The number of rotatable bonds is 7. The van der Waals surface area contributed by atoms with E-state index in [9.17, 15) is 0 Å². The van der Waals surface area contributed by atoms with E-state index in [2.05, 4.69) is 63.4 Å². The maximum Gasteiger partial charge on any atom is 0.191 e. The number of nitrogens with one attached hydrogen (secondary N) is 2. The summed E-state index contributed by atoms with van der Waals surface area (Å²) in [7, 11) is 3.98. The zero-order valence-corrected chi connectivity index (χ0v) is 19.0. The molecular formula is C19H35IN6. The molecule has 1 aliphatic heterocycles. The van der Waals surface area contributed by atoms with Crippen LogP contribution in [0.1, 0.15) is 32.3 Å². The Hall–Kier alpha value is -1.09. The molecule has 0 bridgehead atoms. The van der Waals surface area contributed by atoms with Crippen LogP contribution >= 0.6 is 24.0 Å². The molecule has 148 valence electrons. The van der Waals surface area contributed by atoms with Gasteiger partial charge < -0.3 is 20.4 Å². The van der Waals surface area contributed by atoms with Crippen LogP contribution in [0.15, 0.2) is 23.3 Å². The van der Waals surface area contributed by atoms with Crippen LogP contribution in [0.4, 0.5) is 5.82 Å². The van der Waals surface area contributed by atoms with Crippen LogP contribution in [0.3, 0.4) is 0 Å². The third-order valence-corrected chi connectivity index (χ3v) is 4.57. The predicted octanol–water partition coefficient (Wildman–Crippen LogP) is 2.55. The summed E-state index contributed by atoms with van der Waals surface area (Å²) >= 11 is 0. The van der Waals surface area contributed by atoms with Gasteiger partial charge in [-0.2, -0.15) is 0 Å². The van der Waals surface area contributed by atoms with E-state index in [0.29, 0.717) is 0 Å². The van der Waals surface area contributed by atoms with Gasteiger partial charge in [-0.3, -0.25) is 4.99 Å². The number of aromatic nitrogens is 1. The SMILES string of the molecule is CN=C(NCCCC(C)C)NCc1ccc(N2CCN(C)CC2)nc1.I. The van der Waals surface area contributed by atoms with Gasteiger partial charge in [-0.1, -0.05) is 19.9 Å². The molecule has 0 atom stereocenters. The maximum atomic E-state index is 4.63. The quantitative estimate of drug-likeness (QED) is 0.276. The van der Waals surface area contributed by atoms with Gasteiger partial charge in [0.1, 0.15) is 5.82 Å². The Bertz CT molecular complexity index is 523. The minimum atomic E-state index is 0. The van der Waals surface area contributed by atoms with Crippen LogP contribution < -0.4 is 15.5 Å². The first-order chi connectivity index (χ1) is 12.1. The van der Waals surface area contributed by atoms with E-state index in [0.717, 1.165) is 57.0 Å². The highest BCUT2D eigenvalue weighted by molar-refractivity contribution is 14.0. The van der Waals surface area contributed by atoms with Crippen molar-refractivity contribution in [2.24, 2.45) is 10.9 Å². The fourth-order valence-corrected chi connectivity index (χ4v) is 2.87. The van der Waals surface area contributed by atoms with Gasteiger partial charge in [-0.25, -0.2) is 4.98 Å². The molecule has 2 rings (SSSR count). The van der Waals surface area contributed by atoms with E-state index >= 15 is 0 Å². The summed E-state index contributed by atoms with van der Waals surface area (Å²) in [6.45, 7) is 10.5. The Labute approximate surface area is 175 Å². The number of halogens is 1. The molecule has 0 amide bonds. The maximum absolute atomic E-state index is 4.63. The number of nitrogens with zero attached hydrogens (tertiary/aromatic N) is 4. The molecule has 0 aliphatic carbocycles. The van der Waals surface area contributed by atoms with Crippen molar-refractivity contribution in [1.29, 1.82) is 0 Å². The first-order valence-electron chi connectivity index (χ1n) is 9.41. The van der Waals surface area contributed by atoms with Crippen LogP contribution in [0, 0.1) is 5.92 Å². The first-order valence-corrected chi connectivity index (χ1v) is 9.41. The summed E-state index contributed by atoms with van der Waals surface area (Å²) in [5.74, 6) is 2.68. The molecule has 0 saturated carbocycles. The average molecular weight is 474 g/mol. The van der Waals surface area contributed by atoms with E-state index in [-0.39, 0.29) is 24.0 Å². The van der Waals surface area contributed by atoms with Crippen molar-refractivity contribution < 1.29 is 0 Å². The number of piperazine rings is 1. The Balaban J connectivity index is 0.00000338. The monoisotopic (exact) mass is 474 g/mol. The lowest BCUT2D eigenvalue weighted by atomic mass is 10.1. The molecule has 1 fully saturated rings. The Kier molecular flexibility index (Phi) is 10.9. The molecule has 1 aromatic rings. The molecule has 1 saturated heterocycles. The van der Waals surface area contributed by atoms with Gasteiger partial charge >= 0.3 is 0 Å². The van der Waals surface area contributed by atoms with E-state index in [1.165, 1.54) is 18.4 Å². The van der Waals surface area contributed by atoms with Gasteiger partial charge in [-0.05, 0) is 37.4 Å². The molecule has 2 N–H and O–H groups in total. The molecule has 0 spiro atoms. The van der Waals surface area contributed by atoms with Crippen LogP contribution in [0.25, 0.3) is 0 Å². The van der Waals surface area contributed by atoms with Crippen molar-refractivity contribution in [3.05, 3.63) is 23.9 Å². The number of pyridine rings is 1. The largest absolute Gasteiger partial charge is 0.356 e. The molecule has 0 aromatic carbocycles. The van der Waals surface area contributed by atoms with Crippen LogP contribution in [0.2, 0.25) is 0 Å². The number of hydrogen-bond acceptors (Lipinski definition) is 4. The molecule has 6 nitrogen and oxygen atoms in total. The smallest absolute Gasteiger partial charge is 0.191 e. The molecule has 1 aromatic heterocycles. The van der Waals surface area contributed by atoms with Gasteiger partial charge in [0.2, 0.25) is 0 Å². The second-order valence-corrected chi connectivity index (χ2v) is 7.20. The van der Waals surface area contributed by atoms with Gasteiger partial charge in [0.05, 0.1) is 0 Å². The third-order valence-electron chi connectivity index (χ3n) is 4.57. The highest BCUT2D eigenvalue weighted by Gasteiger charge is 2.14. The topological polar surface area (TPSA) is 55.8 Å². The molecule has 7 heteroatoms. The summed E-state index contributed by atoms with van der Waals surface area (Å²) in [5, 5.41) is 6.73. The van der Waals surface area contributed by atoms with Crippen molar-refractivity contribution in [2.75, 3.05) is 51.7 Å². The van der Waals surface area contributed by atoms with E-state index < -0.39 is 0 Å². The zero-order valence-electron chi connectivity index (χ0n) is 16.7. The lowest BCUT2D eigenvalue weighted by Crippen LogP contribution is -2.44. The summed E-state index contributed by atoms with van der Waals surface area (Å²) in [6, 6.07) is 4.28. The summed E-state index contributed by atoms with van der Waals surface area (Å²) in [6.07, 6.45) is 4.37. The average Bonchev–Trinajstić information content (AvgIpc) is 2.62. The second kappa shape index (κ2) is 12.3. The van der Waals surface area contributed by atoms with Gasteiger partial charge in [0, 0.05) is 52.5 Å². The van der Waals surface area contributed by atoms with Crippen molar-refractivity contribution in [3.63, 3.8) is 0 Å². The van der Waals surface area contributed by atoms with Crippen molar-refractivity contribution in [1.82, 2.24) is 20.5 Å². The number of likely N-dealkylation sites (N-methyl/N-ethyl adjacent to an activating group) is 1. The van der Waals surface area contributed by atoms with Crippen LogP contribution in [0.5, 0.6) is 0 Å². The standard InChI is InChI=1S/C19H34N6.HI/c1-16(2)6-5-9-21-19(20-3)23-15-17-7-8-18(22-14-17)25-12-10-24(4)11-13-25;/h7-8,14,16H,5-6,9-13,15H2,1-4H3,(H2,20,21,23);1H. The lowest BCUT2D eigenvalue weighted by molar-refractivity contribution is 0.312. The molecule has 2 heterocycles. The first kappa shape index (κ1) is 23.0. The molecular weight excluding hydrogens is 439 g/mol. The summed E-state index contributed by atoms with van der Waals surface area (Å²) in [4.78, 5) is 13.6. The molecule has 0 unspecified atom stereocenters. The van der Waals surface area contributed by atoms with Crippen molar-refractivity contribution in [3.8, 4) is 0 Å². The second-order valence-electron chi connectivity index (χ2n) is 7.20. The highest BCUT2D eigenvalue weighted by Crippen LogP contribution is 2.13. The summed E-state index contributed by atoms with van der Waals surface area (Å²) in [5.41, 5.74) is 1.17. The Morgan fingerprint density at radius 1 is 1.19 bits per heavy atom. The summed E-state index contributed by atoms with van der Waals surface area (Å²) < 4.78 is 0. The van der Waals surface area contributed by atoms with Crippen molar-refractivity contribution >= 4 is 35.8 Å². The number of anilines is 1. The lowest BCUT2D eigenvalue weighted by Gasteiger charge is -2.33. The van der Waals surface area contributed by atoms with Crippen LogP contribution in [-0.2, 0) is 6.54 Å². The fraction of sp³-hybridized carbons (Fsp3) is 0.684. The Morgan fingerprint density at radius 3 is 2.50 bits per heavy atom. The number of aliphatic imine (C=N–C) groups is 1. The minimum absolute atomic E-state index is 0. The van der Waals surface area contributed by atoms with Crippen LogP contribution in [-0.4, -0.2) is 62.7 Å². The van der Waals surface area contributed by atoms with Gasteiger partial charge in [0.25, 0.3) is 0 Å². The zero-order chi connectivity index (χ0) is 18.1. The number of guanidine groups is 1. The predicted molar refractivity (Wildman–Crippen MR) is 122 cm³/mol. The van der Waals surface area contributed by atoms with E-state index in [4.69, 9.17) is 0 Å². The normalized spacial score (nSPS) is 15.7. The van der Waals surface area contributed by atoms with E-state index in [1.54, 1.807) is 0 Å². The number of hydrogen-bond donors (Lipinski definition) is 2. The van der Waals surface area contributed by atoms with Gasteiger partial charge in [0.15, 0.2) is 5.96 Å². The van der Waals surface area contributed by atoms with E-state index in [1.807, 2.05) is 13.2 Å².